The maximum atomic E-state index is 11.2. The summed E-state index contributed by atoms with van der Waals surface area (Å²) in [4.78, 5) is 22.2. The van der Waals surface area contributed by atoms with Crippen LogP contribution in [0.5, 0.6) is 0 Å². The largest absolute Gasteiger partial charge is 0.479 e. The van der Waals surface area contributed by atoms with E-state index in [1.807, 2.05) is 30.3 Å². The molecular formula is C12H13NO3. The van der Waals surface area contributed by atoms with Crippen molar-refractivity contribution in [2.45, 2.75) is 24.8 Å². The molecule has 1 aromatic carbocycles. The minimum absolute atomic E-state index is 0.116. The summed E-state index contributed by atoms with van der Waals surface area (Å²) in [6, 6.07) is 9.39. The quantitative estimate of drug-likeness (QED) is 0.801. The number of nitrogens with one attached hydrogen (secondary N) is 1. The summed E-state index contributed by atoms with van der Waals surface area (Å²) in [6.45, 7) is 1.34. The topological polar surface area (TPSA) is 66.4 Å². The Hall–Kier alpha value is -1.84. The Morgan fingerprint density at radius 1 is 1.38 bits per heavy atom. The van der Waals surface area contributed by atoms with Gasteiger partial charge in [-0.3, -0.25) is 4.79 Å². The molecule has 0 heterocycles. The molecule has 2 N–H and O–H groups in total. The molecule has 2 rings (SSSR count). The molecule has 1 aliphatic carbocycles. The lowest BCUT2D eigenvalue weighted by atomic mass is 10.1. The van der Waals surface area contributed by atoms with Gasteiger partial charge in [0.2, 0.25) is 5.91 Å². The van der Waals surface area contributed by atoms with Crippen molar-refractivity contribution in [2.75, 3.05) is 0 Å². The van der Waals surface area contributed by atoms with E-state index in [-0.39, 0.29) is 11.8 Å². The molecule has 0 aliphatic heterocycles. The van der Waals surface area contributed by atoms with E-state index >= 15 is 0 Å². The molecule has 16 heavy (non-hydrogen) atoms. The molecule has 1 aromatic rings. The maximum absolute atomic E-state index is 11.2. The van der Waals surface area contributed by atoms with Crippen LogP contribution in [0.3, 0.4) is 0 Å². The Morgan fingerprint density at radius 3 is 2.50 bits per heavy atom. The third-order valence-electron chi connectivity index (χ3n) is 2.94. The molecule has 0 spiro atoms. The van der Waals surface area contributed by atoms with E-state index in [2.05, 4.69) is 5.32 Å². The number of amides is 1. The molecule has 1 unspecified atom stereocenters. The van der Waals surface area contributed by atoms with Crippen molar-refractivity contribution in [1.29, 1.82) is 0 Å². The van der Waals surface area contributed by atoms with E-state index in [0.29, 0.717) is 6.42 Å². The first-order valence-corrected chi connectivity index (χ1v) is 5.13. The lowest BCUT2D eigenvalue weighted by Crippen LogP contribution is -2.43. The molecule has 0 aromatic heterocycles. The number of carboxylic acid groups (broad SMARTS) is 1. The second-order valence-corrected chi connectivity index (χ2v) is 4.13. The van der Waals surface area contributed by atoms with E-state index in [0.717, 1.165) is 5.56 Å². The zero-order valence-electron chi connectivity index (χ0n) is 8.93. The van der Waals surface area contributed by atoms with Crippen LogP contribution in [0, 0.1) is 0 Å². The first kappa shape index (κ1) is 10.7. The van der Waals surface area contributed by atoms with Crippen LogP contribution >= 0.6 is 0 Å². The molecule has 0 bridgehead atoms. The van der Waals surface area contributed by atoms with E-state index in [1.54, 1.807) is 0 Å². The number of rotatable bonds is 3. The Labute approximate surface area is 93.3 Å². The van der Waals surface area contributed by atoms with Gasteiger partial charge in [0.1, 0.15) is 5.54 Å². The van der Waals surface area contributed by atoms with Crippen molar-refractivity contribution < 1.29 is 14.7 Å². The molecule has 4 nitrogen and oxygen atoms in total. The van der Waals surface area contributed by atoms with Gasteiger partial charge in [-0.1, -0.05) is 30.3 Å². The Kier molecular flexibility index (Phi) is 2.42. The fraction of sp³-hybridized carbons (Fsp3) is 0.333. The fourth-order valence-corrected chi connectivity index (χ4v) is 2.09. The van der Waals surface area contributed by atoms with Crippen LogP contribution in [-0.2, 0) is 9.59 Å². The highest BCUT2D eigenvalue weighted by Gasteiger charge is 2.61. The van der Waals surface area contributed by atoms with Crippen molar-refractivity contribution in [3.63, 3.8) is 0 Å². The van der Waals surface area contributed by atoms with Gasteiger partial charge in [-0.05, 0) is 12.0 Å². The number of carbonyl (C=O) groups excluding carboxylic acids is 1. The first-order valence-electron chi connectivity index (χ1n) is 5.13. The highest BCUT2D eigenvalue weighted by molar-refractivity contribution is 5.91. The zero-order chi connectivity index (χ0) is 11.8. The average Bonchev–Trinajstić information content (AvgIpc) is 2.94. The summed E-state index contributed by atoms with van der Waals surface area (Å²) >= 11 is 0. The van der Waals surface area contributed by atoms with Crippen LogP contribution in [-0.4, -0.2) is 22.5 Å². The number of carbonyl (C=O) groups is 2. The van der Waals surface area contributed by atoms with Crippen LogP contribution in [0.15, 0.2) is 30.3 Å². The molecule has 1 aliphatic rings. The fourth-order valence-electron chi connectivity index (χ4n) is 2.09. The minimum Gasteiger partial charge on any atom is -0.479 e. The van der Waals surface area contributed by atoms with Crippen LogP contribution < -0.4 is 5.32 Å². The van der Waals surface area contributed by atoms with Crippen molar-refractivity contribution in [2.24, 2.45) is 0 Å². The standard InChI is InChI=1S/C12H13NO3/c1-8(14)13-12(11(15)16)7-10(12)9-5-3-2-4-6-9/h2-6,10H,7H2,1H3,(H,13,14)(H,15,16)/t10-,12?/m0/s1. The molecule has 1 saturated carbocycles. The van der Waals surface area contributed by atoms with Gasteiger partial charge in [-0.25, -0.2) is 4.79 Å². The average molecular weight is 219 g/mol. The highest BCUT2D eigenvalue weighted by Crippen LogP contribution is 2.51. The minimum atomic E-state index is -1.09. The summed E-state index contributed by atoms with van der Waals surface area (Å²) in [5.74, 6) is -1.38. The lowest BCUT2D eigenvalue weighted by molar-refractivity contribution is -0.143. The van der Waals surface area contributed by atoms with Crippen LogP contribution in [0.25, 0.3) is 0 Å². The Bertz CT molecular complexity index is 429. The van der Waals surface area contributed by atoms with Gasteiger partial charge < -0.3 is 10.4 Å². The zero-order valence-corrected chi connectivity index (χ0v) is 8.93. The van der Waals surface area contributed by atoms with Crippen molar-refractivity contribution >= 4 is 11.9 Å². The molecule has 4 heteroatoms. The van der Waals surface area contributed by atoms with Crippen LogP contribution in [0.4, 0.5) is 0 Å². The first-order chi connectivity index (χ1) is 7.56. The summed E-state index contributed by atoms with van der Waals surface area (Å²) in [7, 11) is 0. The van der Waals surface area contributed by atoms with Crippen LogP contribution in [0.2, 0.25) is 0 Å². The molecule has 0 saturated heterocycles. The smallest absolute Gasteiger partial charge is 0.330 e. The molecule has 2 atom stereocenters. The normalized spacial score (nSPS) is 27.2. The van der Waals surface area contributed by atoms with Crippen molar-refractivity contribution in [3.05, 3.63) is 35.9 Å². The summed E-state index contributed by atoms with van der Waals surface area (Å²) in [5.41, 5.74) is -0.133. The van der Waals surface area contributed by atoms with Gasteiger partial charge in [0, 0.05) is 12.8 Å². The predicted molar refractivity (Wildman–Crippen MR) is 58.0 cm³/mol. The van der Waals surface area contributed by atoms with E-state index < -0.39 is 11.5 Å². The summed E-state index contributed by atoms with van der Waals surface area (Å²) in [6.07, 6.45) is 0.464. The number of benzene rings is 1. The SMILES string of the molecule is CC(=O)NC1(C(=O)O)C[C@H]1c1ccccc1. The number of hydrogen-bond acceptors (Lipinski definition) is 2. The van der Waals surface area contributed by atoms with Crippen molar-refractivity contribution in [1.82, 2.24) is 5.32 Å². The predicted octanol–water partition coefficient (Wildman–Crippen LogP) is 1.13. The third kappa shape index (κ3) is 1.66. The lowest BCUT2D eigenvalue weighted by Gasteiger charge is -2.13. The Balaban J connectivity index is 2.22. The number of aliphatic carboxylic acids is 1. The van der Waals surface area contributed by atoms with E-state index in [9.17, 15) is 9.59 Å². The van der Waals surface area contributed by atoms with Gasteiger partial charge in [0.15, 0.2) is 0 Å². The summed E-state index contributed by atoms with van der Waals surface area (Å²) in [5, 5.41) is 11.7. The monoisotopic (exact) mass is 219 g/mol. The molecule has 84 valence electrons. The number of carboxylic acids is 1. The molecule has 1 fully saturated rings. The molecule has 0 radical (unpaired) electrons. The summed E-state index contributed by atoms with van der Waals surface area (Å²) < 4.78 is 0. The number of hydrogen-bond donors (Lipinski definition) is 2. The third-order valence-corrected chi connectivity index (χ3v) is 2.94. The van der Waals surface area contributed by atoms with Crippen molar-refractivity contribution in [3.8, 4) is 0 Å². The van der Waals surface area contributed by atoms with Gasteiger partial charge in [-0.15, -0.1) is 0 Å². The second-order valence-electron chi connectivity index (χ2n) is 4.13. The van der Waals surface area contributed by atoms with E-state index in [4.69, 9.17) is 5.11 Å². The molecular weight excluding hydrogens is 206 g/mol. The molecule has 1 amide bonds. The van der Waals surface area contributed by atoms with Crippen LogP contribution in [0.1, 0.15) is 24.8 Å². The van der Waals surface area contributed by atoms with Gasteiger partial charge in [0.05, 0.1) is 0 Å². The van der Waals surface area contributed by atoms with E-state index in [1.165, 1.54) is 6.92 Å². The highest BCUT2D eigenvalue weighted by atomic mass is 16.4. The maximum Gasteiger partial charge on any atom is 0.330 e. The van der Waals surface area contributed by atoms with Gasteiger partial charge >= 0.3 is 5.97 Å². The Morgan fingerprint density at radius 2 is 2.00 bits per heavy atom. The van der Waals surface area contributed by atoms with Gasteiger partial charge in [-0.2, -0.15) is 0 Å². The second kappa shape index (κ2) is 3.63. The van der Waals surface area contributed by atoms with Gasteiger partial charge in [0.25, 0.3) is 0 Å².